The van der Waals surface area contributed by atoms with Crippen molar-refractivity contribution in [2.45, 2.75) is 26.8 Å². The molecular weight excluding hydrogens is 270 g/mol. The molecule has 0 heterocycles. The molecule has 0 saturated heterocycles. The minimum Gasteiger partial charge on any atom is -0.480 e. The van der Waals surface area contributed by atoms with Crippen LogP contribution in [0.25, 0.3) is 0 Å². The fourth-order valence-corrected chi connectivity index (χ4v) is 1.79. The molecule has 1 rings (SSSR count). The number of nitrogens with zero attached hydrogens (tertiary/aromatic N) is 1. The lowest BCUT2D eigenvalue weighted by Gasteiger charge is -2.27. The Morgan fingerprint density at radius 3 is 2.05 bits per heavy atom. The number of carboxylic acid groups (broad SMARTS) is 1. The van der Waals surface area contributed by atoms with Crippen LogP contribution in [0.1, 0.15) is 20.8 Å². The third kappa shape index (κ3) is 4.98. The highest BCUT2D eigenvalue weighted by Gasteiger charge is 2.32. The largest absolute Gasteiger partial charge is 0.480 e. The van der Waals surface area contributed by atoms with E-state index in [9.17, 15) is 14.7 Å². The second-order valence-corrected chi connectivity index (χ2v) is 6.18. The van der Waals surface area contributed by atoms with Gasteiger partial charge >= 0.3 is 12.0 Å². The predicted molar refractivity (Wildman–Crippen MR) is 83.8 cm³/mol. The Balaban J connectivity index is 2.70. The standard InChI is InChI=1S/C15H23N3O3/c1-15(2,3)12(13(19)20)17-14(21)16-10-6-8-11(9-7-10)18(4)5/h6-9,12H,1-5H3,(H,19,20)(H2,16,17,21)/t12-/m1/s1. The van der Waals surface area contributed by atoms with E-state index in [-0.39, 0.29) is 0 Å². The lowest BCUT2D eigenvalue weighted by molar-refractivity contribution is -0.141. The van der Waals surface area contributed by atoms with E-state index >= 15 is 0 Å². The first-order chi connectivity index (χ1) is 9.61. The van der Waals surface area contributed by atoms with Crippen LogP contribution in [0.5, 0.6) is 0 Å². The number of benzene rings is 1. The van der Waals surface area contributed by atoms with E-state index in [0.29, 0.717) is 5.69 Å². The molecule has 0 radical (unpaired) electrons. The van der Waals surface area contributed by atoms with Crippen molar-refractivity contribution in [3.8, 4) is 0 Å². The van der Waals surface area contributed by atoms with E-state index in [1.165, 1.54) is 0 Å². The summed E-state index contributed by atoms with van der Waals surface area (Å²) < 4.78 is 0. The van der Waals surface area contributed by atoms with Crippen LogP contribution in [0, 0.1) is 5.41 Å². The predicted octanol–water partition coefficient (Wildman–Crippen LogP) is 2.37. The van der Waals surface area contributed by atoms with E-state index in [1.54, 1.807) is 32.9 Å². The highest BCUT2D eigenvalue weighted by Crippen LogP contribution is 2.20. The summed E-state index contributed by atoms with van der Waals surface area (Å²) >= 11 is 0. The Kier molecular flexibility index (Phi) is 5.18. The average molecular weight is 293 g/mol. The van der Waals surface area contributed by atoms with Gasteiger partial charge in [-0.1, -0.05) is 20.8 Å². The lowest BCUT2D eigenvalue weighted by atomic mass is 9.87. The van der Waals surface area contributed by atoms with Gasteiger partial charge in [0.1, 0.15) is 6.04 Å². The number of aliphatic carboxylic acids is 1. The molecule has 1 aromatic carbocycles. The van der Waals surface area contributed by atoms with Gasteiger partial charge in [0, 0.05) is 25.5 Å². The Morgan fingerprint density at radius 2 is 1.67 bits per heavy atom. The summed E-state index contributed by atoms with van der Waals surface area (Å²) in [7, 11) is 3.85. The topological polar surface area (TPSA) is 81.7 Å². The normalized spacial score (nSPS) is 12.4. The smallest absolute Gasteiger partial charge is 0.326 e. The highest BCUT2D eigenvalue weighted by atomic mass is 16.4. The van der Waals surface area contributed by atoms with Crippen molar-refractivity contribution in [3.05, 3.63) is 24.3 Å². The van der Waals surface area contributed by atoms with Crippen LogP contribution in [0.2, 0.25) is 0 Å². The molecule has 0 aliphatic rings. The van der Waals surface area contributed by atoms with Crippen molar-refractivity contribution >= 4 is 23.4 Å². The fraction of sp³-hybridized carbons (Fsp3) is 0.467. The molecule has 1 atom stereocenters. The number of carbonyl (C=O) groups excluding carboxylic acids is 1. The zero-order valence-electron chi connectivity index (χ0n) is 13.1. The molecule has 1 aromatic rings. The monoisotopic (exact) mass is 293 g/mol. The van der Waals surface area contributed by atoms with Gasteiger partial charge in [-0.2, -0.15) is 0 Å². The molecule has 0 aliphatic carbocycles. The van der Waals surface area contributed by atoms with E-state index in [0.717, 1.165) is 5.69 Å². The molecule has 0 saturated carbocycles. The molecule has 0 unspecified atom stereocenters. The number of carboxylic acids is 1. The number of anilines is 2. The van der Waals surface area contributed by atoms with Crippen LogP contribution in [0.3, 0.4) is 0 Å². The second kappa shape index (κ2) is 6.47. The van der Waals surface area contributed by atoms with E-state index < -0.39 is 23.5 Å². The molecule has 0 aromatic heterocycles. The third-order valence-corrected chi connectivity index (χ3v) is 3.03. The van der Waals surface area contributed by atoms with Crippen LogP contribution < -0.4 is 15.5 Å². The average Bonchev–Trinajstić information content (AvgIpc) is 2.35. The molecular formula is C15H23N3O3. The summed E-state index contributed by atoms with van der Waals surface area (Å²) in [5.74, 6) is -1.05. The van der Waals surface area contributed by atoms with Gasteiger partial charge < -0.3 is 20.6 Å². The number of urea groups is 1. The van der Waals surface area contributed by atoms with E-state index in [4.69, 9.17) is 0 Å². The van der Waals surface area contributed by atoms with Crippen molar-refractivity contribution in [1.29, 1.82) is 0 Å². The maximum absolute atomic E-state index is 11.9. The van der Waals surface area contributed by atoms with E-state index in [1.807, 2.05) is 31.1 Å². The van der Waals surface area contributed by atoms with Crippen molar-refractivity contribution in [2.24, 2.45) is 5.41 Å². The number of hydrogen-bond acceptors (Lipinski definition) is 3. The first-order valence-corrected chi connectivity index (χ1v) is 6.69. The Bertz CT molecular complexity index is 504. The molecule has 0 aliphatic heterocycles. The maximum Gasteiger partial charge on any atom is 0.326 e. The van der Waals surface area contributed by atoms with Gasteiger partial charge in [-0.05, 0) is 29.7 Å². The summed E-state index contributed by atoms with van der Waals surface area (Å²) in [4.78, 5) is 25.1. The van der Waals surface area contributed by atoms with Gasteiger partial charge in [0.05, 0.1) is 0 Å². The van der Waals surface area contributed by atoms with Gasteiger partial charge in [0.25, 0.3) is 0 Å². The molecule has 3 N–H and O–H groups in total. The number of rotatable bonds is 4. The quantitative estimate of drug-likeness (QED) is 0.796. The Labute approximate surface area is 125 Å². The van der Waals surface area contributed by atoms with Crippen molar-refractivity contribution in [1.82, 2.24) is 5.32 Å². The Hall–Kier alpha value is -2.24. The SMILES string of the molecule is CN(C)c1ccc(NC(=O)N[C@H](C(=O)O)C(C)(C)C)cc1. The number of nitrogens with one attached hydrogen (secondary N) is 2. The molecule has 0 fully saturated rings. The Morgan fingerprint density at radius 1 is 1.14 bits per heavy atom. The van der Waals surface area contributed by atoms with Crippen LogP contribution in [-0.4, -0.2) is 37.2 Å². The zero-order chi connectivity index (χ0) is 16.2. The van der Waals surface area contributed by atoms with Gasteiger partial charge in [-0.3, -0.25) is 0 Å². The van der Waals surface area contributed by atoms with Gasteiger partial charge in [0.15, 0.2) is 0 Å². The van der Waals surface area contributed by atoms with Gasteiger partial charge in [-0.15, -0.1) is 0 Å². The molecule has 0 bridgehead atoms. The summed E-state index contributed by atoms with van der Waals surface area (Å²) in [5, 5.41) is 14.3. The molecule has 116 valence electrons. The van der Waals surface area contributed by atoms with Crippen LogP contribution in [-0.2, 0) is 4.79 Å². The summed E-state index contributed by atoms with van der Waals surface area (Å²) in [6.07, 6.45) is 0. The third-order valence-electron chi connectivity index (χ3n) is 3.03. The number of carbonyl (C=O) groups is 2. The van der Waals surface area contributed by atoms with Crippen molar-refractivity contribution < 1.29 is 14.7 Å². The second-order valence-electron chi connectivity index (χ2n) is 6.18. The first-order valence-electron chi connectivity index (χ1n) is 6.69. The lowest BCUT2D eigenvalue weighted by Crippen LogP contribution is -2.50. The highest BCUT2D eigenvalue weighted by molar-refractivity contribution is 5.92. The van der Waals surface area contributed by atoms with Crippen LogP contribution >= 0.6 is 0 Å². The molecule has 6 nitrogen and oxygen atoms in total. The fourth-order valence-electron chi connectivity index (χ4n) is 1.79. The van der Waals surface area contributed by atoms with Gasteiger partial charge in [0.2, 0.25) is 0 Å². The van der Waals surface area contributed by atoms with Crippen molar-refractivity contribution in [3.63, 3.8) is 0 Å². The first kappa shape index (κ1) is 16.8. The summed E-state index contributed by atoms with van der Waals surface area (Å²) in [5.41, 5.74) is 1.05. The van der Waals surface area contributed by atoms with E-state index in [2.05, 4.69) is 10.6 Å². The molecule has 0 spiro atoms. The zero-order valence-corrected chi connectivity index (χ0v) is 13.1. The number of amides is 2. The molecule has 2 amide bonds. The van der Waals surface area contributed by atoms with Gasteiger partial charge in [-0.25, -0.2) is 9.59 Å². The number of hydrogen-bond donors (Lipinski definition) is 3. The summed E-state index contributed by atoms with van der Waals surface area (Å²) in [6, 6.07) is 5.78. The molecule has 21 heavy (non-hydrogen) atoms. The van der Waals surface area contributed by atoms with Crippen LogP contribution in [0.4, 0.5) is 16.2 Å². The summed E-state index contributed by atoms with van der Waals surface area (Å²) in [6.45, 7) is 5.29. The molecule has 6 heteroatoms. The maximum atomic E-state index is 11.9. The minimum atomic E-state index is -1.05. The van der Waals surface area contributed by atoms with Crippen molar-refractivity contribution in [2.75, 3.05) is 24.3 Å². The van der Waals surface area contributed by atoms with Crippen LogP contribution in [0.15, 0.2) is 24.3 Å². The minimum absolute atomic E-state index is 0.532.